The summed E-state index contributed by atoms with van der Waals surface area (Å²) < 4.78 is 0. The monoisotopic (exact) mass is 275 g/mol. The summed E-state index contributed by atoms with van der Waals surface area (Å²) in [4.78, 5) is 13.7. The molecule has 1 N–H and O–H groups in total. The molecule has 1 aliphatic heterocycles. The fraction of sp³-hybridized carbons (Fsp3) is 0.588. The molecule has 0 radical (unpaired) electrons. The van der Waals surface area contributed by atoms with Gasteiger partial charge in [0.05, 0.1) is 5.41 Å². The van der Waals surface area contributed by atoms with Crippen molar-refractivity contribution in [2.75, 3.05) is 13.1 Å². The fourth-order valence-electron chi connectivity index (χ4n) is 3.03. The Hall–Kier alpha value is -1.35. The molecule has 0 bridgehead atoms. The summed E-state index contributed by atoms with van der Waals surface area (Å²) in [6, 6.07) is 10.9. The predicted octanol–water partition coefficient (Wildman–Crippen LogP) is 3.19. The van der Waals surface area contributed by atoms with Gasteiger partial charge in [-0.05, 0) is 51.6 Å². The number of nitrogens with zero attached hydrogens (tertiary/aromatic N) is 1. The van der Waals surface area contributed by atoms with Crippen LogP contribution < -0.4 is 0 Å². The lowest BCUT2D eigenvalue weighted by Crippen LogP contribution is -2.49. The largest absolute Gasteiger partial charge is 0.481 e. The van der Waals surface area contributed by atoms with Crippen LogP contribution in [0.15, 0.2) is 30.3 Å². The number of rotatable bonds is 5. The van der Waals surface area contributed by atoms with Crippen molar-refractivity contribution in [1.29, 1.82) is 0 Å². The zero-order valence-electron chi connectivity index (χ0n) is 12.5. The van der Waals surface area contributed by atoms with E-state index in [-0.39, 0.29) is 0 Å². The molecule has 1 saturated heterocycles. The third-order valence-corrected chi connectivity index (χ3v) is 4.56. The molecule has 2 unspecified atom stereocenters. The molecule has 0 aliphatic carbocycles. The summed E-state index contributed by atoms with van der Waals surface area (Å²) in [6.45, 7) is 5.80. The van der Waals surface area contributed by atoms with Crippen LogP contribution in [0.3, 0.4) is 0 Å². The van der Waals surface area contributed by atoms with E-state index in [0.717, 1.165) is 32.2 Å². The Kier molecular flexibility index (Phi) is 4.81. The molecular weight excluding hydrogens is 250 g/mol. The Morgan fingerprint density at radius 1 is 1.40 bits per heavy atom. The molecule has 1 fully saturated rings. The van der Waals surface area contributed by atoms with Gasteiger partial charge >= 0.3 is 5.97 Å². The zero-order valence-corrected chi connectivity index (χ0v) is 12.5. The van der Waals surface area contributed by atoms with E-state index < -0.39 is 11.4 Å². The number of aryl methyl sites for hydroxylation is 1. The number of hydrogen-bond acceptors (Lipinski definition) is 2. The van der Waals surface area contributed by atoms with E-state index in [1.54, 1.807) is 0 Å². The summed E-state index contributed by atoms with van der Waals surface area (Å²) in [5, 5.41) is 9.38. The highest BCUT2D eigenvalue weighted by molar-refractivity contribution is 5.74. The van der Waals surface area contributed by atoms with Crippen molar-refractivity contribution in [2.24, 2.45) is 5.41 Å². The van der Waals surface area contributed by atoms with Crippen molar-refractivity contribution in [3.63, 3.8) is 0 Å². The minimum Gasteiger partial charge on any atom is -0.481 e. The highest BCUT2D eigenvalue weighted by Crippen LogP contribution is 2.31. The first-order valence-corrected chi connectivity index (χ1v) is 7.53. The molecule has 3 heteroatoms. The molecule has 20 heavy (non-hydrogen) atoms. The van der Waals surface area contributed by atoms with Gasteiger partial charge in [0.1, 0.15) is 0 Å². The lowest BCUT2D eigenvalue weighted by molar-refractivity contribution is -0.151. The SMILES string of the molecule is CC(CCc1ccccc1)N1CCCC(C)(C(=O)O)C1. The quantitative estimate of drug-likeness (QED) is 0.897. The average molecular weight is 275 g/mol. The summed E-state index contributed by atoms with van der Waals surface area (Å²) >= 11 is 0. The zero-order chi connectivity index (χ0) is 14.6. The fourth-order valence-corrected chi connectivity index (χ4v) is 3.03. The van der Waals surface area contributed by atoms with Gasteiger partial charge in [0.25, 0.3) is 0 Å². The van der Waals surface area contributed by atoms with Crippen LogP contribution in [0.1, 0.15) is 38.7 Å². The molecule has 110 valence electrons. The van der Waals surface area contributed by atoms with Crippen LogP contribution >= 0.6 is 0 Å². The normalized spacial score (nSPS) is 25.3. The number of hydrogen-bond donors (Lipinski definition) is 1. The number of carbonyl (C=O) groups is 1. The minimum absolute atomic E-state index is 0.439. The number of benzene rings is 1. The maximum Gasteiger partial charge on any atom is 0.310 e. The van der Waals surface area contributed by atoms with Gasteiger partial charge in [0, 0.05) is 12.6 Å². The van der Waals surface area contributed by atoms with Crippen LogP contribution in [0.2, 0.25) is 0 Å². The van der Waals surface area contributed by atoms with Gasteiger partial charge in [-0.15, -0.1) is 0 Å². The number of carboxylic acids is 1. The Bertz CT molecular complexity index is 446. The molecule has 1 aliphatic rings. The van der Waals surface area contributed by atoms with Gasteiger partial charge in [-0.25, -0.2) is 0 Å². The average Bonchev–Trinajstić information content (AvgIpc) is 2.46. The Morgan fingerprint density at radius 2 is 2.10 bits per heavy atom. The topological polar surface area (TPSA) is 40.5 Å². The number of aliphatic carboxylic acids is 1. The first-order valence-electron chi connectivity index (χ1n) is 7.53. The van der Waals surface area contributed by atoms with Gasteiger partial charge < -0.3 is 5.11 Å². The highest BCUT2D eigenvalue weighted by atomic mass is 16.4. The molecule has 1 heterocycles. The van der Waals surface area contributed by atoms with Crippen molar-refractivity contribution in [3.8, 4) is 0 Å². The second kappa shape index (κ2) is 6.40. The molecule has 0 spiro atoms. The standard InChI is InChI=1S/C17H25NO2/c1-14(9-10-15-7-4-3-5-8-15)18-12-6-11-17(2,13-18)16(19)20/h3-5,7-8,14H,6,9-13H2,1-2H3,(H,19,20). The first-order chi connectivity index (χ1) is 9.51. The van der Waals surface area contributed by atoms with E-state index in [1.165, 1.54) is 5.56 Å². The van der Waals surface area contributed by atoms with E-state index in [4.69, 9.17) is 0 Å². The summed E-state index contributed by atoms with van der Waals surface area (Å²) in [5.74, 6) is -0.655. The molecule has 2 atom stereocenters. The molecule has 3 nitrogen and oxygen atoms in total. The third kappa shape index (κ3) is 3.60. The molecular formula is C17H25NO2. The number of carboxylic acid groups (broad SMARTS) is 1. The van der Waals surface area contributed by atoms with E-state index in [2.05, 4.69) is 36.1 Å². The predicted molar refractivity (Wildman–Crippen MR) is 80.8 cm³/mol. The van der Waals surface area contributed by atoms with Crippen LogP contribution in [0.25, 0.3) is 0 Å². The van der Waals surface area contributed by atoms with E-state index >= 15 is 0 Å². The van der Waals surface area contributed by atoms with Gasteiger partial charge in [0.2, 0.25) is 0 Å². The van der Waals surface area contributed by atoms with Gasteiger partial charge in [-0.3, -0.25) is 9.69 Å². The molecule has 1 aromatic carbocycles. The second-order valence-corrected chi connectivity index (χ2v) is 6.31. The molecule has 0 aromatic heterocycles. The summed E-state index contributed by atoms with van der Waals surface area (Å²) in [7, 11) is 0. The lowest BCUT2D eigenvalue weighted by atomic mass is 9.81. The van der Waals surface area contributed by atoms with Crippen LogP contribution in [-0.4, -0.2) is 35.1 Å². The van der Waals surface area contributed by atoms with Crippen molar-refractivity contribution >= 4 is 5.97 Å². The van der Waals surface area contributed by atoms with Gasteiger partial charge in [-0.1, -0.05) is 30.3 Å². The van der Waals surface area contributed by atoms with Gasteiger partial charge in [-0.2, -0.15) is 0 Å². The Balaban J connectivity index is 1.89. The van der Waals surface area contributed by atoms with E-state index in [9.17, 15) is 9.90 Å². The van der Waals surface area contributed by atoms with Crippen LogP contribution in [0.4, 0.5) is 0 Å². The van der Waals surface area contributed by atoms with E-state index in [1.807, 2.05) is 13.0 Å². The summed E-state index contributed by atoms with van der Waals surface area (Å²) in [6.07, 6.45) is 3.92. The van der Waals surface area contributed by atoms with Crippen LogP contribution in [0, 0.1) is 5.41 Å². The highest BCUT2D eigenvalue weighted by Gasteiger charge is 2.38. The maximum atomic E-state index is 11.4. The summed E-state index contributed by atoms with van der Waals surface area (Å²) in [5.41, 5.74) is 0.788. The number of piperidine rings is 1. The van der Waals surface area contributed by atoms with E-state index in [0.29, 0.717) is 12.6 Å². The van der Waals surface area contributed by atoms with Crippen molar-refractivity contribution < 1.29 is 9.90 Å². The lowest BCUT2D eigenvalue weighted by Gasteiger charge is -2.40. The Morgan fingerprint density at radius 3 is 2.75 bits per heavy atom. The maximum absolute atomic E-state index is 11.4. The number of likely N-dealkylation sites (tertiary alicyclic amines) is 1. The third-order valence-electron chi connectivity index (χ3n) is 4.56. The van der Waals surface area contributed by atoms with Gasteiger partial charge in [0.15, 0.2) is 0 Å². The first kappa shape index (κ1) is 15.0. The van der Waals surface area contributed by atoms with Crippen LogP contribution in [0.5, 0.6) is 0 Å². The molecule has 0 saturated carbocycles. The second-order valence-electron chi connectivity index (χ2n) is 6.31. The Labute approximate surface area is 121 Å². The van der Waals surface area contributed by atoms with Crippen molar-refractivity contribution in [1.82, 2.24) is 4.90 Å². The van der Waals surface area contributed by atoms with Crippen molar-refractivity contribution in [2.45, 2.75) is 45.6 Å². The minimum atomic E-state index is -0.655. The van der Waals surface area contributed by atoms with Crippen molar-refractivity contribution in [3.05, 3.63) is 35.9 Å². The molecule has 0 amide bonds. The smallest absolute Gasteiger partial charge is 0.310 e. The molecule has 2 rings (SSSR count). The molecule has 1 aromatic rings. The van der Waals surface area contributed by atoms with Crippen LogP contribution in [-0.2, 0) is 11.2 Å².